The molecule has 8 nitrogen and oxygen atoms in total. The largest absolute Gasteiger partial charge is 0.489 e. The number of aromatic nitrogens is 4. The van der Waals surface area contributed by atoms with Crippen LogP contribution < -0.4 is 15.4 Å². The SMILES string of the molecule is CC1=C(C(=O)Nc2cccc(C)c2)C(c2cc(Br)ccc2OCc2ccccc2C)n2nnnc2N1. The number of benzene rings is 3. The molecule has 4 aromatic rings. The lowest BCUT2D eigenvalue weighted by atomic mass is 9.94. The van der Waals surface area contributed by atoms with E-state index in [4.69, 9.17) is 4.74 Å². The Morgan fingerprint density at radius 2 is 1.92 bits per heavy atom. The molecule has 0 aliphatic carbocycles. The van der Waals surface area contributed by atoms with E-state index in [1.54, 1.807) is 4.68 Å². The average molecular weight is 545 g/mol. The molecule has 1 aliphatic heterocycles. The molecule has 0 saturated carbocycles. The minimum Gasteiger partial charge on any atom is -0.489 e. The third-order valence-electron chi connectivity index (χ3n) is 6.15. The fourth-order valence-electron chi connectivity index (χ4n) is 4.31. The van der Waals surface area contributed by atoms with Crippen molar-refractivity contribution in [3.05, 3.63) is 105 Å². The molecule has 0 radical (unpaired) electrons. The summed E-state index contributed by atoms with van der Waals surface area (Å²) in [6.45, 7) is 6.28. The Kier molecular flexibility index (Phi) is 6.56. The van der Waals surface area contributed by atoms with Crippen molar-refractivity contribution in [2.75, 3.05) is 10.6 Å². The summed E-state index contributed by atoms with van der Waals surface area (Å²) in [7, 11) is 0. The molecule has 1 unspecified atom stereocenters. The number of ether oxygens (including phenoxy) is 1. The Balaban J connectivity index is 1.56. The molecule has 1 aromatic heterocycles. The van der Waals surface area contributed by atoms with Gasteiger partial charge >= 0.3 is 0 Å². The van der Waals surface area contributed by atoms with E-state index in [1.165, 1.54) is 0 Å². The second-order valence-electron chi connectivity index (χ2n) is 8.73. The highest BCUT2D eigenvalue weighted by molar-refractivity contribution is 9.10. The van der Waals surface area contributed by atoms with Crippen LogP contribution in [0, 0.1) is 13.8 Å². The van der Waals surface area contributed by atoms with Crippen LogP contribution in [0.25, 0.3) is 0 Å². The number of hydrogen-bond donors (Lipinski definition) is 2. The molecule has 9 heteroatoms. The maximum absolute atomic E-state index is 13.7. The van der Waals surface area contributed by atoms with Gasteiger partial charge in [-0.05, 0) is 78.2 Å². The van der Waals surface area contributed by atoms with Crippen LogP contribution in [0.15, 0.2) is 82.5 Å². The van der Waals surface area contributed by atoms with E-state index in [1.807, 2.05) is 74.5 Å². The molecule has 2 N–H and O–H groups in total. The fourth-order valence-corrected chi connectivity index (χ4v) is 4.69. The van der Waals surface area contributed by atoms with Crippen molar-refractivity contribution in [2.45, 2.75) is 33.4 Å². The smallest absolute Gasteiger partial charge is 0.255 e. The van der Waals surface area contributed by atoms with Gasteiger partial charge in [-0.15, -0.1) is 0 Å². The first-order chi connectivity index (χ1) is 17.4. The minimum atomic E-state index is -0.606. The Morgan fingerprint density at radius 3 is 2.72 bits per heavy atom. The zero-order valence-corrected chi connectivity index (χ0v) is 21.7. The van der Waals surface area contributed by atoms with Gasteiger partial charge in [0.15, 0.2) is 0 Å². The molecule has 36 heavy (non-hydrogen) atoms. The number of fused-ring (bicyclic) bond motifs is 1. The maximum Gasteiger partial charge on any atom is 0.255 e. The second kappa shape index (κ2) is 9.94. The summed E-state index contributed by atoms with van der Waals surface area (Å²) >= 11 is 3.59. The summed E-state index contributed by atoms with van der Waals surface area (Å²) in [5, 5.41) is 18.4. The van der Waals surface area contributed by atoms with Crippen molar-refractivity contribution >= 4 is 33.5 Å². The zero-order chi connectivity index (χ0) is 25.2. The Hall–Kier alpha value is -3.98. The molecular weight excluding hydrogens is 520 g/mol. The molecule has 182 valence electrons. The van der Waals surface area contributed by atoms with Crippen molar-refractivity contribution in [3.8, 4) is 5.75 Å². The molecule has 5 rings (SSSR count). The maximum atomic E-state index is 13.7. The quantitative estimate of drug-likeness (QED) is 0.330. The van der Waals surface area contributed by atoms with Gasteiger partial charge in [-0.1, -0.05) is 57.4 Å². The molecule has 2 heterocycles. The van der Waals surface area contributed by atoms with Gasteiger partial charge in [0.1, 0.15) is 18.4 Å². The van der Waals surface area contributed by atoms with E-state index >= 15 is 0 Å². The number of halogens is 1. The standard InChI is InChI=1S/C27H25BrN6O2/c1-16-7-6-10-21(13-16)30-26(35)24-18(3)29-27-31-32-33-34(27)25(24)22-14-20(28)11-12-23(22)36-15-19-9-5-4-8-17(19)2/h4-14,25H,15H2,1-3H3,(H,30,35)(H,29,31,33). The van der Waals surface area contributed by atoms with Gasteiger partial charge in [-0.25, -0.2) is 0 Å². The third-order valence-corrected chi connectivity index (χ3v) is 6.64. The van der Waals surface area contributed by atoms with Crippen LogP contribution in [-0.4, -0.2) is 26.1 Å². The Labute approximate surface area is 217 Å². The number of carbonyl (C=O) groups excluding carboxylic acids is 1. The number of rotatable bonds is 6. The lowest BCUT2D eigenvalue weighted by Crippen LogP contribution is -2.31. The van der Waals surface area contributed by atoms with Gasteiger partial charge in [-0.2, -0.15) is 4.68 Å². The highest BCUT2D eigenvalue weighted by Crippen LogP contribution is 2.40. The lowest BCUT2D eigenvalue weighted by Gasteiger charge is -2.29. The molecule has 0 bridgehead atoms. The molecule has 0 spiro atoms. The summed E-state index contributed by atoms with van der Waals surface area (Å²) in [5.41, 5.74) is 5.93. The number of amides is 1. The van der Waals surface area contributed by atoms with Crippen LogP contribution in [-0.2, 0) is 11.4 Å². The summed E-state index contributed by atoms with van der Waals surface area (Å²) in [5.74, 6) is 0.847. The van der Waals surface area contributed by atoms with Gasteiger partial charge in [0.05, 0.1) is 5.57 Å². The molecule has 3 aromatic carbocycles. The first-order valence-electron chi connectivity index (χ1n) is 11.5. The number of nitrogens with one attached hydrogen (secondary N) is 2. The van der Waals surface area contributed by atoms with Crippen LogP contribution in [0.2, 0.25) is 0 Å². The van der Waals surface area contributed by atoms with Crippen molar-refractivity contribution in [1.29, 1.82) is 0 Å². The monoisotopic (exact) mass is 544 g/mol. The summed E-state index contributed by atoms with van der Waals surface area (Å²) in [4.78, 5) is 13.7. The number of aryl methyl sites for hydroxylation is 2. The summed E-state index contributed by atoms with van der Waals surface area (Å²) < 4.78 is 8.79. The van der Waals surface area contributed by atoms with Gasteiger partial charge in [0, 0.05) is 21.4 Å². The predicted octanol–water partition coefficient (Wildman–Crippen LogP) is 5.56. The molecule has 1 atom stereocenters. The Morgan fingerprint density at radius 1 is 1.08 bits per heavy atom. The van der Waals surface area contributed by atoms with E-state index in [2.05, 4.69) is 55.1 Å². The average Bonchev–Trinajstić information content (AvgIpc) is 3.31. The number of hydrogen-bond acceptors (Lipinski definition) is 6. The first-order valence-corrected chi connectivity index (χ1v) is 12.3. The van der Waals surface area contributed by atoms with E-state index in [0.717, 1.165) is 26.7 Å². The summed E-state index contributed by atoms with van der Waals surface area (Å²) in [6.07, 6.45) is 0. The number of nitrogens with zero attached hydrogens (tertiary/aromatic N) is 4. The van der Waals surface area contributed by atoms with Crippen molar-refractivity contribution in [2.24, 2.45) is 0 Å². The van der Waals surface area contributed by atoms with Gasteiger partial charge in [-0.3, -0.25) is 4.79 Å². The molecule has 0 saturated heterocycles. The normalized spacial score (nSPS) is 14.7. The number of tetrazole rings is 1. The number of allylic oxidation sites excluding steroid dienone is 1. The highest BCUT2D eigenvalue weighted by Gasteiger charge is 2.36. The second-order valence-corrected chi connectivity index (χ2v) is 9.65. The topological polar surface area (TPSA) is 94.0 Å². The minimum absolute atomic E-state index is 0.249. The first kappa shape index (κ1) is 23.7. The van der Waals surface area contributed by atoms with E-state index < -0.39 is 6.04 Å². The fraction of sp³-hybridized carbons (Fsp3) is 0.185. The number of carbonyl (C=O) groups is 1. The van der Waals surface area contributed by atoms with Crippen LogP contribution >= 0.6 is 15.9 Å². The predicted molar refractivity (Wildman–Crippen MR) is 142 cm³/mol. The van der Waals surface area contributed by atoms with Crippen LogP contribution in [0.4, 0.5) is 11.6 Å². The van der Waals surface area contributed by atoms with Crippen molar-refractivity contribution < 1.29 is 9.53 Å². The van der Waals surface area contributed by atoms with E-state index in [0.29, 0.717) is 35.3 Å². The molecular formula is C27H25BrN6O2. The zero-order valence-electron chi connectivity index (χ0n) is 20.1. The van der Waals surface area contributed by atoms with E-state index in [-0.39, 0.29) is 5.91 Å². The van der Waals surface area contributed by atoms with Gasteiger partial charge in [0.25, 0.3) is 5.91 Å². The van der Waals surface area contributed by atoms with Crippen LogP contribution in [0.5, 0.6) is 5.75 Å². The Bertz CT molecular complexity index is 1480. The molecule has 0 fully saturated rings. The van der Waals surface area contributed by atoms with Crippen molar-refractivity contribution in [1.82, 2.24) is 20.2 Å². The van der Waals surface area contributed by atoms with Crippen molar-refractivity contribution in [3.63, 3.8) is 0 Å². The summed E-state index contributed by atoms with van der Waals surface area (Å²) in [6, 6.07) is 20.9. The molecule has 1 amide bonds. The lowest BCUT2D eigenvalue weighted by molar-refractivity contribution is -0.113. The van der Waals surface area contributed by atoms with Gasteiger partial charge in [0.2, 0.25) is 5.95 Å². The van der Waals surface area contributed by atoms with E-state index in [9.17, 15) is 4.79 Å². The van der Waals surface area contributed by atoms with Gasteiger partial charge < -0.3 is 15.4 Å². The highest BCUT2D eigenvalue weighted by atomic mass is 79.9. The van der Waals surface area contributed by atoms with Crippen LogP contribution in [0.3, 0.4) is 0 Å². The van der Waals surface area contributed by atoms with Crippen LogP contribution in [0.1, 0.15) is 35.2 Å². The third kappa shape index (κ3) is 4.74. The molecule has 1 aliphatic rings. The number of anilines is 2.